The van der Waals surface area contributed by atoms with E-state index < -0.39 is 23.1 Å². The number of ether oxygens (including phenoxy) is 1. The Morgan fingerprint density at radius 3 is 2.40 bits per heavy atom. The number of carboxylic acid groups (broad SMARTS) is 1. The van der Waals surface area contributed by atoms with Gasteiger partial charge in [0.1, 0.15) is 6.61 Å². The van der Waals surface area contributed by atoms with E-state index in [0.717, 1.165) is 0 Å². The predicted molar refractivity (Wildman–Crippen MR) is 34.7 cm³/mol. The summed E-state index contributed by atoms with van der Waals surface area (Å²) in [7, 11) is -2.35. The first kappa shape index (κ1) is 12.6. The van der Waals surface area contributed by atoms with Gasteiger partial charge in [0, 0.05) is 29.6 Å². The molecule has 0 heterocycles. The molecule has 10 heavy (non-hydrogen) atoms. The van der Waals surface area contributed by atoms with Crippen molar-refractivity contribution in [1.82, 2.24) is 0 Å². The van der Waals surface area contributed by atoms with E-state index in [1.807, 2.05) is 0 Å². The van der Waals surface area contributed by atoms with Crippen molar-refractivity contribution in [3.05, 3.63) is 0 Å². The molecule has 0 saturated heterocycles. The fraction of sp³-hybridized carbons (Fsp3) is 0.333. The number of hydrogen-bond acceptors (Lipinski definition) is 4. The summed E-state index contributed by atoms with van der Waals surface area (Å²) < 4.78 is 23.1. The molecule has 5 nitrogen and oxygen atoms in total. The molecular formula is C3H4NaO5S. The van der Waals surface area contributed by atoms with Crippen LogP contribution < -0.4 is 0 Å². The first-order valence-electron chi connectivity index (χ1n) is 1.90. The maximum atomic E-state index is 9.65. The van der Waals surface area contributed by atoms with E-state index in [-0.39, 0.29) is 29.6 Å². The van der Waals surface area contributed by atoms with E-state index in [1.165, 1.54) is 0 Å². The summed E-state index contributed by atoms with van der Waals surface area (Å²) in [6, 6.07) is 0. The average molecular weight is 175 g/mol. The zero-order valence-corrected chi connectivity index (χ0v) is 8.09. The summed E-state index contributed by atoms with van der Waals surface area (Å²) in [5.74, 6) is 0. The second-order valence-electron chi connectivity index (χ2n) is 1.00. The van der Waals surface area contributed by atoms with Gasteiger partial charge in [0.05, 0.1) is 5.37 Å². The minimum absolute atomic E-state index is 0. The molecule has 0 aromatic carbocycles. The van der Waals surface area contributed by atoms with Gasteiger partial charge < -0.3 is 9.84 Å². The fourth-order valence-corrected chi connectivity index (χ4v) is 0.340. The first-order valence-corrected chi connectivity index (χ1v) is 3.04. The predicted octanol–water partition coefficient (Wildman–Crippen LogP) is -1.02. The monoisotopic (exact) mass is 175 g/mol. The Hall–Kier alpha value is -0.0400. The molecule has 1 radical (unpaired) electrons. The largest absolute Gasteiger partial charge is 0.506 e. The van der Waals surface area contributed by atoms with Crippen LogP contribution in [0.15, 0.2) is 0 Å². The fourth-order valence-electron chi connectivity index (χ4n) is 0.161. The van der Waals surface area contributed by atoms with Gasteiger partial charge in [0.15, 0.2) is 0 Å². The van der Waals surface area contributed by atoms with Crippen molar-refractivity contribution in [2.24, 2.45) is 0 Å². The van der Waals surface area contributed by atoms with Gasteiger partial charge in [-0.1, -0.05) is 0 Å². The van der Waals surface area contributed by atoms with Crippen molar-refractivity contribution >= 4 is 51.4 Å². The van der Waals surface area contributed by atoms with Gasteiger partial charge in [-0.05, 0) is 0 Å². The Morgan fingerprint density at radius 2 is 2.10 bits per heavy atom. The van der Waals surface area contributed by atoms with Crippen LogP contribution in [0.3, 0.4) is 0 Å². The van der Waals surface area contributed by atoms with Gasteiger partial charge in [0.25, 0.3) is 0 Å². The zero-order valence-electron chi connectivity index (χ0n) is 5.27. The number of rotatable bonds is 2. The molecule has 0 spiro atoms. The molecule has 0 aliphatic rings. The van der Waals surface area contributed by atoms with Gasteiger partial charge in [-0.3, -0.25) is 0 Å². The van der Waals surface area contributed by atoms with E-state index in [2.05, 4.69) is 4.74 Å². The van der Waals surface area contributed by atoms with Crippen molar-refractivity contribution < 1.29 is 23.1 Å². The van der Waals surface area contributed by atoms with E-state index in [9.17, 15) is 13.2 Å². The third-order valence-electron chi connectivity index (χ3n) is 0.411. The van der Waals surface area contributed by atoms with E-state index in [4.69, 9.17) is 5.11 Å². The van der Waals surface area contributed by atoms with Gasteiger partial charge in [-0.15, -0.1) is 0 Å². The average Bonchev–Trinajstić information content (AvgIpc) is 1.63. The molecule has 0 saturated carbocycles. The van der Waals surface area contributed by atoms with Crippen molar-refractivity contribution in [3.63, 3.8) is 0 Å². The summed E-state index contributed by atoms with van der Waals surface area (Å²) in [6.45, 7) is -0.425. The van der Waals surface area contributed by atoms with Crippen LogP contribution in [0.1, 0.15) is 0 Å². The maximum absolute atomic E-state index is 9.65. The van der Waals surface area contributed by atoms with Gasteiger partial charge in [-0.2, -0.15) is 8.42 Å². The van der Waals surface area contributed by atoms with Crippen LogP contribution >= 0.6 is 0 Å². The standard InChI is InChI=1S/C3H4O5S.Na/c4-3(5)8-1-2-9(6)7;/h2H,1H2,(H,4,5);. The summed E-state index contributed by atoms with van der Waals surface area (Å²) in [6.07, 6.45) is -1.49. The van der Waals surface area contributed by atoms with E-state index in [1.54, 1.807) is 0 Å². The minimum atomic E-state index is -2.35. The van der Waals surface area contributed by atoms with Gasteiger partial charge in [0.2, 0.25) is 10.3 Å². The Balaban J connectivity index is 0. The molecule has 0 amide bonds. The maximum Gasteiger partial charge on any atom is 0.506 e. The van der Waals surface area contributed by atoms with Gasteiger partial charge in [-0.25, -0.2) is 4.79 Å². The Labute approximate surface area is 80.8 Å². The van der Waals surface area contributed by atoms with Crippen LogP contribution in [0.25, 0.3) is 0 Å². The van der Waals surface area contributed by atoms with Gasteiger partial charge >= 0.3 is 6.16 Å². The molecule has 1 N–H and O–H groups in total. The normalized spacial score (nSPS) is 7.20. The summed E-state index contributed by atoms with van der Waals surface area (Å²) in [5, 5.41) is 8.49. The number of carbonyl (C=O) groups is 1. The first-order chi connectivity index (χ1) is 4.13. The molecule has 0 rings (SSSR count). The van der Waals surface area contributed by atoms with E-state index >= 15 is 0 Å². The van der Waals surface area contributed by atoms with Crippen LogP contribution in [0, 0.1) is 0 Å². The molecule has 0 aromatic rings. The van der Waals surface area contributed by atoms with Crippen LogP contribution in [-0.4, -0.2) is 61.2 Å². The quantitative estimate of drug-likeness (QED) is 0.330. The third-order valence-corrected chi connectivity index (χ3v) is 0.819. The molecule has 0 fully saturated rings. The van der Waals surface area contributed by atoms with Crippen molar-refractivity contribution in [2.75, 3.05) is 6.61 Å². The van der Waals surface area contributed by atoms with Crippen molar-refractivity contribution in [3.8, 4) is 0 Å². The minimum Gasteiger partial charge on any atom is -0.450 e. The number of hydrogen-bond donors (Lipinski definition) is 1. The van der Waals surface area contributed by atoms with E-state index in [0.29, 0.717) is 5.37 Å². The molecule has 53 valence electrons. The molecule has 0 unspecified atom stereocenters. The SMILES string of the molecule is O=C(O)OCC=S(=O)=O.[Na]. The molecule has 0 aromatic heterocycles. The Bertz CT molecular complexity index is 209. The summed E-state index contributed by atoms with van der Waals surface area (Å²) >= 11 is 0. The zero-order chi connectivity index (χ0) is 7.28. The van der Waals surface area contributed by atoms with Crippen molar-refractivity contribution in [1.29, 1.82) is 0 Å². The molecule has 0 atom stereocenters. The molecule has 7 heteroatoms. The van der Waals surface area contributed by atoms with Crippen LogP contribution in [0.2, 0.25) is 0 Å². The summed E-state index contributed by atoms with van der Waals surface area (Å²) in [5.41, 5.74) is 0. The Morgan fingerprint density at radius 1 is 1.60 bits per heavy atom. The smallest absolute Gasteiger partial charge is 0.450 e. The summed E-state index contributed by atoms with van der Waals surface area (Å²) in [4.78, 5) is 9.54. The van der Waals surface area contributed by atoms with Crippen LogP contribution in [0.5, 0.6) is 0 Å². The molecule has 0 aliphatic heterocycles. The molecule has 0 bridgehead atoms. The van der Waals surface area contributed by atoms with Crippen molar-refractivity contribution in [2.45, 2.75) is 0 Å². The molecular weight excluding hydrogens is 171 g/mol. The second-order valence-corrected chi connectivity index (χ2v) is 1.86. The third kappa shape index (κ3) is 10.9. The topological polar surface area (TPSA) is 80.7 Å². The van der Waals surface area contributed by atoms with Crippen LogP contribution in [-0.2, 0) is 15.0 Å². The Kier molecular flexibility index (Phi) is 8.92. The molecule has 0 aliphatic carbocycles. The second kappa shape index (κ2) is 7.07. The van der Waals surface area contributed by atoms with Crippen LogP contribution in [0.4, 0.5) is 4.79 Å².